The van der Waals surface area contributed by atoms with Gasteiger partial charge in [0.05, 0.1) is 6.04 Å². The molecule has 0 aliphatic heterocycles. The molecule has 3 heteroatoms. The van der Waals surface area contributed by atoms with E-state index in [1.54, 1.807) is 0 Å². The minimum atomic E-state index is -0.422. The summed E-state index contributed by atoms with van der Waals surface area (Å²) in [6.07, 6.45) is 5.76. The van der Waals surface area contributed by atoms with Crippen LogP contribution in [0.2, 0.25) is 0 Å². The lowest BCUT2D eigenvalue weighted by atomic mass is 10.1. The Morgan fingerprint density at radius 3 is 2.64 bits per heavy atom. The minimum Gasteiger partial charge on any atom is -0.368 e. The number of primary amides is 1. The molecule has 1 saturated carbocycles. The van der Waals surface area contributed by atoms with Crippen molar-refractivity contribution in [2.45, 2.75) is 38.1 Å². The van der Waals surface area contributed by atoms with Crippen molar-refractivity contribution in [3.05, 3.63) is 0 Å². The topological polar surface area (TPSA) is 69.1 Å². The van der Waals surface area contributed by atoms with Crippen molar-refractivity contribution in [1.82, 2.24) is 0 Å². The van der Waals surface area contributed by atoms with Crippen molar-refractivity contribution in [1.29, 1.82) is 0 Å². The number of hydrogen-bond donors (Lipinski definition) is 2. The lowest BCUT2D eigenvalue weighted by Crippen LogP contribution is -2.36. The number of nitrogens with two attached hydrogens (primary N) is 2. The van der Waals surface area contributed by atoms with E-state index in [2.05, 4.69) is 0 Å². The van der Waals surface area contributed by atoms with Crippen LogP contribution in [-0.2, 0) is 4.79 Å². The van der Waals surface area contributed by atoms with Gasteiger partial charge in [0.1, 0.15) is 0 Å². The molecule has 1 unspecified atom stereocenters. The first kappa shape index (κ1) is 8.53. The second-order valence-electron chi connectivity index (χ2n) is 3.38. The molecule has 0 aromatic rings. The summed E-state index contributed by atoms with van der Waals surface area (Å²) >= 11 is 0. The molecule has 4 N–H and O–H groups in total. The number of rotatable bonds is 5. The molecule has 64 valence electrons. The van der Waals surface area contributed by atoms with Crippen LogP contribution in [0.4, 0.5) is 0 Å². The summed E-state index contributed by atoms with van der Waals surface area (Å²) in [5.41, 5.74) is 10.5. The van der Waals surface area contributed by atoms with E-state index in [4.69, 9.17) is 11.5 Å². The Balaban J connectivity index is 1.96. The van der Waals surface area contributed by atoms with Gasteiger partial charge in [0.2, 0.25) is 5.91 Å². The standard InChI is InChI=1S/C8H16N2O/c9-7(8(10)11)3-1-2-6-4-5-6/h6-7H,1-5,9H2,(H2,10,11). The molecular weight excluding hydrogens is 140 g/mol. The van der Waals surface area contributed by atoms with Gasteiger partial charge in [-0.25, -0.2) is 0 Å². The normalized spacial score (nSPS) is 19.7. The van der Waals surface area contributed by atoms with Crippen molar-refractivity contribution in [2.75, 3.05) is 0 Å². The summed E-state index contributed by atoms with van der Waals surface area (Å²) in [4.78, 5) is 10.5. The summed E-state index contributed by atoms with van der Waals surface area (Å²) in [7, 11) is 0. The Morgan fingerprint density at radius 1 is 1.55 bits per heavy atom. The summed E-state index contributed by atoms with van der Waals surface area (Å²) in [6.45, 7) is 0. The molecule has 1 rings (SSSR count). The maximum atomic E-state index is 10.5. The number of carbonyl (C=O) groups excluding carboxylic acids is 1. The van der Waals surface area contributed by atoms with Crippen LogP contribution in [0.5, 0.6) is 0 Å². The van der Waals surface area contributed by atoms with Crippen LogP contribution < -0.4 is 11.5 Å². The molecule has 3 nitrogen and oxygen atoms in total. The van der Waals surface area contributed by atoms with Crippen LogP contribution in [0, 0.1) is 5.92 Å². The molecule has 0 aromatic carbocycles. The van der Waals surface area contributed by atoms with E-state index in [-0.39, 0.29) is 5.91 Å². The Morgan fingerprint density at radius 2 is 2.18 bits per heavy atom. The van der Waals surface area contributed by atoms with E-state index in [0.29, 0.717) is 0 Å². The maximum Gasteiger partial charge on any atom is 0.234 e. The molecule has 0 aromatic heterocycles. The summed E-state index contributed by atoms with van der Waals surface area (Å²) < 4.78 is 0. The average molecular weight is 156 g/mol. The third-order valence-corrected chi connectivity index (χ3v) is 2.19. The zero-order valence-electron chi connectivity index (χ0n) is 6.75. The minimum absolute atomic E-state index is 0.374. The summed E-state index contributed by atoms with van der Waals surface area (Å²) in [6, 6.07) is -0.422. The molecule has 1 amide bonds. The van der Waals surface area contributed by atoms with Crippen LogP contribution in [0.15, 0.2) is 0 Å². The van der Waals surface area contributed by atoms with E-state index < -0.39 is 6.04 Å². The van der Waals surface area contributed by atoms with E-state index in [1.807, 2.05) is 0 Å². The van der Waals surface area contributed by atoms with Gasteiger partial charge in [0, 0.05) is 0 Å². The zero-order valence-corrected chi connectivity index (χ0v) is 6.75. The molecule has 11 heavy (non-hydrogen) atoms. The Hall–Kier alpha value is -0.570. The average Bonchev–Trinajstić information content (AvgIpc) is 2.71. The van der Waals surface area contributed by atoms with Crippen LogP contribution >= 0.6 is 0 Å². The molecule has 0 heterocycles. The maximum absolute atomic E-state index is 10.5. The highest BCUT2D eigenvalue weighted by Crippen LogP contribution is 2.33. The molecule has 1 atom stereocenters. The highest BCUT2D eigenvalue weighted by atomic mass is 16.1. The molecule has 1 aliphatic rings. The van der Waals surface area contributed by atoms with Gasteiger partial charge in [0.25, 0.3) is 0 Å². The molecule has 1 aliphatic carbocycles. The summed E-state index contributed by atoms with van der Waals surface area (Å²) in [5.74, 6) is 0.552. The molecule has 0 bridgehead atoms. The number of hydrogen-bond acceptors (Lipinski definition) is 2. The quantitative estimate of drug-likeness (QED) is 0.604. The summed E-state index contributed by atoms with van der Waals surface area (Å²) in [5, 5.41) is 0. The highest BCUT2D eigenvalue weighted by molar-refractivity contribution is 5.79. The van der Waals surface area contributed by atoms with Gasteiger partial charge in [-0.15, -0.1) is 0 Å². The van der Waals surface area contributed by atoms with Crippen molar-refractivity contribution >= 4 is 5.91 Å². The first-order valence-corrected chi connectivity index (χ1v) is 4.25. The van der Waals surface area contributed by atoms with Crippen LogP contribution in [0.3, 0.4) is 0 Å². The molecule has 0 spiro atoms. The smallest absolute Gasteiger partial charge is 0.234 e. The number of amides is 1. The van der Waals surface area contributed by atoms with Gasteiger partial charge in [-0.1, -0.05) is 25.7 Å². The van der Waals surface area contributed by atoms with E-state index in [9.17, 15) is 4.79 Å². The fraction of sp³-hybridized carbons (Fsp3) is 0.875. The lowest BCUT2D eigenvalue weighted by molar-refractivity contribution is -0.119. The van der Waals surface area contributed by atoms with Gasteiger partial charge in [-0.3, -0.25) is 4.79 Å². The second-order valence-corrected chi connectivity index (χ2v) is 3.38. The predicted molar refractivity (Wildman–Crippen MR) is 43.7 cm³/mol. The Kier molecular flexibility index (Phi) is 2.88. The van der Waals surface area contributed by atoms with Crippen molar-refractivity contribution in [3.63, 3.8) is 0 Å². The van der Waals surface area contributed by atoms with E-state index in [0.717, 1.165) is 18.8 Å². The SMILES string of the molecule is NC(=O)C(N)CCCC1CC1. The van der Waals surface area contributed by atoms with Crippen LogP contribution in [0.1, 0.15) is 32.1 Å². The molecular formula is C8H16N2O. The number of carbonyl (C=O) groups is 1. The van der Waals surface area contributed by atoms with Crippen molar-refractivity contribution in [2.24, 2.45) is 17.4 Å². The van der Waals surface area contributed by atoms with Gasteiger partial charge in [0.15, 0.2) is 0 Å². The molecule has 0 radical (unpaired) electrons. The van der Waals surface area contributed by atoms with Crippen molar-refractivity contribution < 1.29 is 4.79 Å². The van der Waals surface area contributed by atoms with E-state index >= 15 is 0 Å². The van der Waals surface area contributed by atoms with Gasteiger partial charge in [-0.05, 0) is 12.3 Å². The highest BCUT2D eigenvalue weighted by Gasteiger charge is 2.21. The fourth-order valence-corrected chi connectivity index (χ4v) is 1.18. The van der Waals surface area contributed by atoms with Gasteiger partial charge >= 0.3 is 0 Å². The predicted octanol–water partition coefficient (Wildman–Crippen LogP) is 0.379. The first-order chi connectivity index (χ1) is 5.20. The van der Waals surface area contributed by atoms with Crippen LogP contribution in [0.25, 0.3) is 0 Å². The third-order valence-electron chi connectivity index (χ3n) is 2.19. The Bertz CT molecular complexity index is 143. The van der Waals surface area contributed by atoms with Crippen molar-refractivity contribution in [3.8, 4) is 0 Å². The first-order valence-electron chi connectivity index (χ1n) is 4.25. The third kappa shape index (κ3) is 3.37. The van der Waals surface area contributed by atoms with Gasteiger partial charge < -0.3 is 11.5 Å². The molecule has 0 saturated heterocycles. The van der Waals surface area contributed by atoms with Crippen LogP contribution in [-0.4, -0.2) is 11.9 Å². The van der Waals surface area contributed by atoms with Gasteiger partial charge in [-0.2, -0.15) is 0 Å². The fourth-order valence-electron chi connectivity index (χ4n) is 1.18. The zero-order chi connectivity index (χ0) is 8.27. The molecule has 1 fully saturated rings. The van der Waals surface area contributed by atoms with E-state index in [1.165, 1.54) is 19.3 Å². The Labute approximate surface area is 67.1 Å². The largest absolute Gasteiger partial charge is 0.368 e. The lowest BCUT2D eigenvalue weighted by Gasteiger charge is -2.05. The second kappa shape index (κ2) is 3.72. The monoisotopic (exact) mass is 156 g/mol.